The Morgan fingerprint density at radius 3 is 2.21 bits per heavy atom. The Hall–Kier alpha value is -0.693. The summed E-state index contributed by atoms with van der Waals surface area (Å²) in [4.78, 5) is 10.9. The molecule has 0 heterocycles. The largest absolute Gasteiger partial charge is 0.501 e. The first-order valence-corrected chi connectivity index (χ1v) is 8.78. The van der Waals surface area contributed by atoms with E-state index in [1.807, 2.05) is 20.8 Å². The van der Waals surface area contributed by atoms with Crippen LogP contribution in [0.3, 0.4) is 0 Å². The maximum atomic E-state index is 10.9. The summed E-state index contributed by atoms with van der Waals surface area (Å²) in [7, 11) is -2.62. The highest BCUT2D eigenvalue weighted by Crippen LogP contribution is 2.18. The molecule has 0 saturated heterocycles. The van der Waals surface area contributed by atoms with Crippen molar-refractivity contribution in [3.63, 3.8) is 0 Å². The molecule has 112 valence electrons. The SMILES string of the molecule is C=CC(=O)OCCC[Si](OCC)(OCC)OCCC. The zero-order valence-corrected chi connectivity index (χ0v) is 13.3. The lowest BCUT2D eigenvalue weighted by molar-refractivity contribution is -0.137. The van der Waals surface area contributed by atoms with E-state index in [0.717, 1.165) is 12.5 Å². The quantitative estimate of drug-likeness (QED) is 0.239. The van der Waals surface area contributed by atoms with Crippen LogP contribution in [0, 0.1) is 0 Å². The molecule has 0 saturated carbocycles. The molecule has 0 spiro atoms. The van der Waals surface area contributed by atoms with Crippen LogP contribution in [0.25, 0.3) is 0 Å². The summed E-state index contributed by atoms with van der Waals surface area (Å²) >= 11 is 0. The van der Waals surface area contributed by atoms with Gasteiger partial charge >= 0.3 is 14.8 Å². The minimum absolute atomic E-state index is 0.329. The van der Waals surface area contributed by atoms with Gasteiger partial charge in [0.05, 0.1) is 6.61 Å². The van der Waals surface area contributed by atoms with Gasteiger partial charge in [0.2, 0.25) is 0 Å². The molecular weight excluding hydrogens is 264 g/mol. The number of esters is 1. The van der Waals surface area contributed by atoms with Crippen molar-refractivity contribution in [2.45, 2.75) is 39.7 Å². The lowest BCUT2D eigenvalue weighted by Crippen LogP contribution is -2.46. The van der Waals surface area contributed by atoms with Crippen molar-refractivity contribution in [1.29, 1.82) is 0 Å². The van der Waals surface area contributed by atoms with Crippen LogP contribution in [0.2, 0.25) is 6.04 Å². The van der Waals surface area contributed by atoms with Crippen LogP contribution in [0.15, 0.2) is 12.7 Å². The summed E-state index contributed by atoms with van der Waals surface area (Å²) in [6, 6.07) is 0.652. The van der Waals surface area contributed by atoms with E-state index in [1.54, 1.807) is 0 Å². The topological polar surface area (TPSA) is 54.0 Å². The second-order valence-corrected chi connectivity index (χ2v) is 6.60. The average molecular weight is 290 g/mol. The van der Waals surface area contributed by atoms with E-state index >= 15 is 0 Å². The fourth-order valence-electron chi connectivity index (χ4n) is 1.56. The number of hydrogen-bond donors (Lipinski definition) is 0. The van der Waals surface area contributed by atoms with Gasteiger partial charge in [0, 0.05) is 31.9 Å². The van der Waals surface area contributed by atoms with E-state index in [9.17, 15) is 4.79 Å². The Kier molecular flexibility index (Phi) is 10.8. The lowest BCUT2D eigenvalue weighted by atomic mass is 10.5. The molecule has 0 aliphatic rings. The van der Waals surface area contributed by atoms with Crippen molar-refractivity contribution >= 4 is 14.8 Å². The van der Waals surface area contributed by atoms with Crippen molar-refractivity contribution < 1.29 is 22.8 Å². The fourth-order valence-corrected chi connectivity index (χ4v) is 4.21. The lowest BCUT2D eigenvalue weighted by Gasteiger charge is -2.28. The molecule has 5 nitrogen and oxygen atoms in total. The molecule has 19 heavy (non-hydrogen) atoms. The summed E-state index contributed by atoms with van der Waals surface area (Å²) in [6.45, 7) is 11.3. The molecule has 0 aromatic heterocycles. The standard InChI is InChI=1S/C13H26O5Si/c1-5-10-18-19(16-7-3,17-8-4)12-9-11-15-13(14)6-2/h6H,2,5,7-12H2,1,3-4H3. The first-order valence-electron chi connectivity index (χ1n) is 6.85. The van der Waals surface area contributed by atoms with Crippen LogP contribution in [0.1, 0.15) is 33.6 Å². The predicted molar refractivity (Wildman–Crippen MR) is 75.8 cm³/mol. The minimum Gasteiger partial charge on any atom is -0.463 e. The van der Waals surface area contributed by atoms with Gasteiger partial charge in [-0.3, -0.25) is 0 Å². The monoisotopic (exact) mass is 290 g/mol. The highest BCUT2D eigenvalue weighted by Gasteiger charge is 2.39. The molecule has 6 heteroatoms. The minimum atomic E-state index is -2.62. The van der Waals surface area contributed by atoms with Crippen molar-refractivity contribution in [2.24, 2.45) is 0 Å². The van der Waals surface area contributed by atoms with E-state index in [1.165, 1.54) is 0 Å². The molecule has 0 fully saturated rings. The van der Waals surface area contributed by atoms with Gasteiger partial charge in [-0.05, 0) is 26.7 Å². The van der Waals surface area contributed by atoms with Gasteiger partial charge in [-0.2, -0.15) is 0 Å². The summed E-state index contributed by atoms with van der Waals surface area (Å²) in [5.74, 6) is -0.408. The average Bonchev–Trinajstić information content (AvgIpc) is 2.41. The van der Waals surface area contributed by atoms with E-state index in [2.05, 4.69) is 6.58 Å². The molecule has 0 N–H and O–H groups in total. The molecule has 0 rings (SSSR count). The third-order valence-electron chi connectivity index (χ3n) is 2.29. The number of hydrogen-bond acceptors (Lipinski definition) is 5. The molecule has 0 bridgehead atoms. The maximum absolute atomic E-state index is 10.9. The van der Waals surface area contributed by atoms with Crippen molar-refractivity contribution in [3.8, 4) is 0 Å². The van der Waals surface area contributed by atoms with Crippen LogP contribution in [0.5, 0.6) is 0 Å². The Labute approximate surface area is 117 Å². The number of carbonyl (C=O) groups is 1. The van der Waals surface area contributed by atoms with Gasteiger partial charge in [-0.25, -0.2) is 4.79 Å². The van der Waals surface area contributed by atoms with E-state index < -0.39 is 14.8 Å². The molecule has 0 aliphatic carbocycles. The van der Waals surface area contributed by atoms with Crippen LogP contribution in [-0.2, 0) is 22.8 Å². The first-order chi connectivity index (χ1) is 9.14. The fraction of sp³-hybridized carbons (Fsp3) is 0.769. The molecule has 0 unspecified atom stereocenters. The second-order valence-electron chi connectivity index (χ2n) is 3.87. The van der Waals surface area contributed by atoms with Crippen molar-refractivity contribution in [3.05, 3.63) is 12.7 Å². The van der Waals surface area contributed by atoms with E-state index in [4.69, 9.17) is 18.0 Å². The van der Waals surface area contributed by atoms with Crippen LogP contribution < -0.4 is 0 Å². The molecule has 0 atom stereocenters. The Bertz CT molecular complexity index is 251. The first kappa shape index (κ1) is 18.3. The van der Waals surface area contributed by atoms with E-state index in [-0.39, 0.29) is 0 Å². The summed E-state index contributed by atoms with van der Waals surface area (Å²) in [6.07, 6.45) is 2.74. The normalized spacial score (nSPS) is 11.3. The summed E-state index contributed by atoms with van der Waals surface area (Å²) in [5.41, 5.74) is 0. The van der Waals surface area contributed by atoms with Gasteiger partial charge in [0.1, 0.15) is 0 Å². The summed E-state index contributed by atoms with van der Waals surface area (Å²) in [5, 5.41) is 0. The number of ether oxygens (including phenoxy) is 1. The number of carbonyl (C=O) groups excluding carboxylic acids is 1. The Morgan fingerprint density at radius 2 is 1.74 bits per heavy atom. The third kappa shape index (κ3) is 8.15. The van der Waals surface area contributed by atoms with Gasteiger partial charge < -0.3 is 18.0 Å². The molecule has 0 radical (unpaired) electrons. The van der Waals surface area contributed by atoms with Crippen molar-refractivity contribution in [1.82, 2.24) is 0 Å². The molecule has 0 aliphatic heterocycles. The predicted octanol–water partition coefficient (Wildman–Crippen LogP) is 2.54. The highest BCUT2D eigenvalue weighted by atomic mass is 28.4. The van der Waals surface area contributed by atoms with Gasteiger partial charge in [-0.15, -0.1) is 0 Å². The summed E-state index contributed by atoms with van der Waals surface area (Å²) < 4.78 is 22.3. The molecule has 0 aromatic rings. The second kappa shape index (κ2) is 11.2. The van der Waals surface area contributed by atoms with Crippen LogP contribution in [0.4, 0.5) is 0 Å². The van der Waals surface area contributed by atoms with Gasteiger partial charge in [0.15, 0.2) is 0 Å². The molecule has 0 amide bonds. The molecule has 0 aromatic carbocycles. The Balaban J connectivity index is 4.28. The zero-order chi connectivity index (χ0) is 14.6. The van der Waals surface area contributed by atoms with Crippen LogP contribution in [-0.4, -0.2) is 41.2 Å². The van der Waals surface area contributed by atoms with Gasteiger partial charge in [0.25, 0.3) is 0 Å². The molecular formula is C13H26O5Si. The van der Waals surface area contributed by atoms with Crippen molar-refractivity contribution in [2.75, 3.05) is 26.4 Å². The smallest absolute Gasteiger partial charge is 0.463 e. The van der Waals surface area contributed by atoms with E-state index in [0.29, 0.717) is 38.9 Å². The van der Waals surface area contributed by atoms with Crippen LogP contribution >= 0.6 is 0 Å². The zero-order valence-electron chi connectivity index (χ0n) is 12.3. The van der Waals surface area contributed by atoms with Gasteiger partial charge in [-0.1, -0.05) is 13.5 Å². The highest BCUT2D eigenvalue weighted by molar-refractivity contribution is 6.60. The number of rotatable bonds is 12. The maximum Gasteiger partial charge on any atom is 0.501 e. The third-order valence-corrected chi connectivity index (χ3v) is 5.36. The Morgan fingerprint density at radius 1 is 1.11 bits per heavy atom.